The van der Waals surface area contributed by atoms with Gasteiger partial charge in [-0.2, -0.15) is 0 Å². The molecule has 4 rings (SSSR count). The number of benzene rings is 2. The fourth-order valence-electron chi connectivity index (χ4n) is 3.90. The molecule has 7 heteroatoms. The fraction of sp³-hybridized carbons (Fsp3) is 0.320. The molecule has 3 aromatic rings. The highest BCUT2D eigenvalue weighted by molar-refractivity contribution is 5.87. The maximum atomic E-state index is 13.6. The zero-order valence-corrected chi connectivity index (χ0v) is 18.3. The molecule has 7 nitrogen and oxygen atoms in total. The largest absolute Gasteiger partial charge is 0.474 e. The molecule has 0 aliphatic carbocycles. The average molecular weight is 433 g/mol. The van der Waals surface area contributed by atoms with Crippen molar-refractivity contribution in [1.29, 1.82) is 0 Å². The molecule has 0 radical (unpaired) electrons. The summed E-state index contributed by atoms with van der Waals surface area (Å²) in [4.78, 5) is 17.7. The zero-order valence-electron chi connectivity index (χ0n) is 18.3. The predicted molar refractivity (Wildman–Crippen MR) is 123 cm³/mol. The first-order valence-electron chi connectivity index (χ1n) is 10.9. The molecule has 0 N–H and O–H groups in total. The van der Waals surface area contributed by atoms with E-state index in [0.29, 0.717) is 45.3 Å². The van der Waals surface area contributed by atoms with Crippen LogP contribution < -0.4 is 9.64 Å². The Labute approximate surface area is 188 Å². The Kier molecular flexibility index (Phi) is 7.30. The predicted octanol–water partition coefficient (Wildman–Crippen LogP) is 2.98. The van der Waals surface area contributed by atoms with Gasteiger partial charge in [0.25, 0.3) is 0 Å². The van der Waals surface area contributed by atoms with Crippen molar-refractivity contribution in [3.05, 3.63) is 83.9 Å². The number of anilines is 1. The highest BCUT2D eigenvalue weighted by Gasteiger charge is 2.30. The molecule has 0 unspecified atom stereocenters. The maximum Gasteiger partial charge on any atom is 0.234 e. The number of carbonyl (C=O) groups is 1. The van der Waals surface area contributed by atoms with Crippen LogP contribution in [0.4, 0.5) is 5.82 Å². The number of rotatable bonds is 8. The second kappa shape index (κ2) is 10.7. The Bertz CT molecular complexity index is 936. The second-order valence-corrected chi connectivity index (χ2v) is 7.64. The molecule has 1 amide bonds. The SMILES string of the molecule is COCCOc1ccc(N2CCN(C(=O)C(c3ccccc3)c3ccccc3)CC2)nn1. The van der Waals surface area contributed by atoms with Crippen molar-refractivity contribution >= 4 is 11.7 Å². The quantitative estimate of drug-likeness (QED) is 0.510. The summed E-state index contributed by atoms with van der Waals surface area (Å²) in [5.41, 5.74) is 2.03. The van der Waals surface area contributed by atoms with E-state index >= 15 is 0 Å². The average Bonchev–Trinajstić information content (AvgIpc) is 2.86. The van der Waals surface area contributed by atoms with Crippen LogP contribution in [0.5, 0.6) is 5.88 Å². The monoisotopic (exact) mass is 432 g/mol. The lowest BCUT2D eigenvalue weighted by molar-refractivity contribution is -0.132. The summed E-state index contributed by atoms with van der Waals surface area (Å²) >= 11 is 0. The smallest absolute Gasteiger partial charge is 0.234 e. The van der Waals surface area contributed by atoms with Crippen LogP contribution in [0.2, 0.25) is 0 Å². The summed E-state index contributed by atoms with van der Waals surface area (Å²) < 4.78 is 10.4. The minimum atomic E-state index is -0.299. The van der Waals surface area contributed by atoms with Crippen molar-refractivity contribution < 1.29 is 14.3 Å². The summed E-state index contributed by atoms with van der Waals surface area (Å²) in [5.74, 6) is 1.11. The van der Waals surface area contributed by atoms with Gasteiger partial charge in [-0.15, -0.1) is 10.2 Å². The normalized spacial score (nSPS) is 13.9. The highest BCUT2D eigenvalue weighted by atomic mass is 16.5. The number of piperazine rings is 1. The molecular weight excluding hydrogens is 404 g/mol. The molecule has 1 aromatic heterocycles. The van der Waals surface area contributed by atoms with Crippen molar-refractivity contribution in [2.45, 2.75) is 5.92 Å². The summed E-state index contributed by atoms with van der Waals surface area (Å²) in [5, 5.41) is 8.43. The van der Waals surface area contributed by atoms with Crippen LogP contribution in [-0.4, -0.2) is 67.5 Å². The molecule has 2 heterocycles. The van der Waals surface area contributed by atoms with Crippen LogP contribution in [-0.2, 0) is 9.53 Å². The van der Waals surface area contributed by atoms with E-state index in [4.69, 9.17) is 9.47 Å². The summed E-state index contributed by atoms with van der Waals surface area (Å²) in [6, 6.07) is 23.7. The minimum absolute atomic E-state index is 0.134. The van der Waals surface area contributed by atoms with Gasteiger partial charge in [0.2, 0.25) is 11.8 Å². The molecule has 2 aromatic carbocycles. The first kappa shape index (κ1) is 21.8. The van der Waals surface area contributed by atoms with Gasteiger partial charge in [0, 0.05) is 39.4 Å². The highest BCUT2D eigenvalue weighted by Crippen LogP contribution is 2.27. The van der Waals surface area contributed by atoms with Crippen LogP contribution in [0.3, 0.4) is 0 Å². The van der Waals surface area contributed by atoms with E-state index in [9.17, 15) is 4.79 Å². The standard InChI is InChI=1S/C25H28N4O3/c1-31-18-19-32-23-13-12-22(26-27-23)28-14-16-29(17-15-28)25(30)24(20-8-4-2-5-9-20)21-10-6-3-7-11-21/h2-13,24H,14-19H2,1H3. The number of hydrogen-bond donors (Lipinski definition) is 0. The van der Waals surface area contributed by atoms with Crippen molar-refractivity contribution in [2.75, 3.05) is 51.4 Å². The third kappa shape index (κ3) is 5.23. The molecule has 0 bridgehead atoms. The Morgan fingerprint density at radius 3 is 2.00 bits per heavy atom. The molecule has 0 atom stereocenters. The van der Waals surface area contributed by atoms with E-state index in [-0.39, 0.29) is 11.8 Å². The fourth-order valence-corrected chi connectivity index (χ4v) is 3.90. The Balaban J connectivity index is 1.41. The molecule has 0 spiro atoms. The van der Waals surface area contributed by atoms with Gasteiger partial charge < -0.3 is 19.3 Å². The molecule has 0 saturated carbocycles. The van der Waals surface area contributed by atoms with Gasteiger partial charge in [-0.3, -0.25) is 4.79 Å². The van der Waals surface area contributed by atoms with E-state index in [1.807, 2.05) is 77.7 Å². The molecule has 1 aliphatic rings. The van der Waals surface area contributed by atoms with E-state index in [1.54, 1.807) is 7.11 Å². The lowest BCUT2D eigenvalue weighted by Gasteiger charge is -2.37. The van der Waals surface area contributed by atoms with Crippen LogP contribution in [0.15, 0.2) is 72.8 Å². The number of amides is 1. The van der Waals surface area contributed by atoms with Gasteiger partial charge in [-0.25, -0.2) is 0 Å². The van der Waals surface area contributed by atoms with E-state index in [0.717, 1.165) is 16.9 Å². The third-order valence-corrected chi connectivity index (χ3v) is 5.59. The lowest BCUT2D eigenvalue weighted by atomic mass is 9.90. The minimum Gasteiger partial charge on any atom is -0.474 e. The van der Waals surface area contributed by atoms with Crippen LogP contribution >= 0.6 is 0 Å². The van der Waals surface area contributed by atoms with E-state index in [1.165, 1.54) is 0 Å². The van der Waals surface area contributed by atoms with E-state index < -0.39 is 0 Å². The molecule has 1 saturated heterocycles. The van der Waals surface area contributed by atoms with Crippen molar-refractivity contribution in [2.24, 2.45) is 0 Å². The number of methoxy groups -OCH3 is 1. The Morgan fingerprint density at radius 2 is 1.47 bits per heavy atom. The summed E-state index contributed by atoms with van der Waals surface area (Å²) in [6.07, 6.45) is 0. The first-order chi connectivity index (χ1) is 15.8. The van der Waals surface area contributed by atoms with Crippen molar-refractivity contribution in [1.82, 2.24) is 15.1 Å². The van der Waals surface area contributed by atoms with Gasteiger partial charge >= 0.3 is 0 Å². The Morgan fingerprint density at radius 1 is 0.844 bits per heavy atom. The summed E-state index contributed by atoms with van der Waals surface area (Å²) in [6.45, 7) is 3.65. The molecule has 166 valence electrons. The molecule has 1 fully saturated rings. The van der Waals surface area contributed by atoms with E-state index in [2.05, 4.69) is 15.1 Å². The number of hydrogen-bond acceptors (Lipinski definition) is 6. The van der Waals surface area contributed by atoms with Crippen LogP contribution in [0, 0.1) is 0 Å². The van der Waals surface area contributed by atoms with Crippen LogP contribution in [0.25, 0.3) is 0 Å². The van der Waals surface area contributed by atoms with Crippen LogP contribution in [0.1, 0.15) is 17.0 Å². The molecular formula is C25H28N4O3. The number of carbonyl (C=O) groups excluding carboxylic acids is 1. The van der Waals surface area contributed by atoms with Gasteiger partial charge in [0.15, 0.2) is 5.82 Å². The van der Waals surface area contributed by atoms with Crippen molar-refractivity contribution in [3.8, 4) is 5.88 Å². The topological polar surface area (TPSA) is 67.8 Å². The summed E-state index contributed by atoms with van der Waals surface area (Å²) in [7, 11) is 1.63. The zero-order chi connectivity index (χ0) is 22.2. The van der Waals surface area contributed by atoms with Gasteiger partial charge in [0.05, 0.1) is 12.5 Å². The lowest BCUT2D eigenvalue weighted by Crippen LogP contribution is -2.50. The van der Waals surface area contributed by atoms with Gasteiger partial charge in [0.1, 0.15) is 6.61 Å². The molecule has 32 heavy (non-hydrogen) atoms. The molecule has 1 aliphatic heterocycles. The van der Waals surface area contributed by atoms with Crippen molar-refractivity contribution in [3.63, 3.8) is 0 Å². The van der Waals surface area contributed by atoms with Gasteiger partial charge in [-0.05, 0) is 17.2 Å². The second-order valence-electron chi connectivity index (χ2n) is 7.64. The number of aromatic nitrogens is 2. The number of nitrogens with zero attached hydrogens (tertiary/aromatic N) is 4. The van der Waals surface area contributed by atoms with Gasteiger partial charge in [-0.1, -0.05) is 60.7 Å². The Hall–Kier alpha value is -3.45. The first-order valence-corrected chi connectivity index (χ1v) is 10.9. The number of ether oxygens (including phenoxy) is 2. The third-order valence-electron chi connectivity index (χ3n) is 5.59. The maximum absolute atomic E-state index is 13.6.